The van der Waals surface area contributed by atoms with Gasteiger partial charge in [0, 0.05) is 11.3 Å². The van der Waals surface area contributed by atoms with E-state index >= 15 is 0 Å². The van der Waals surface area contributed by atoms with Crippen molar-refractivity contribution >= 4 is 13.4 Å². The molecule has 2 nitrogen and oxygen atoms in total. The molecule has 84 valence electrons. The Morgan fingerprint density at radius 1 is 1.06 bits per heavy atom. The molecule has 1 aromatic heterocycles. The molecule has 0 aliphatic heterocycles. The van der Waals surface area contributed by atoms with Gasteiger partial charge in [-0.05, 0) is 12.5 Å². The van der Waals surface area contributed by atoms with Gasteiger partial charge in [0.1, 0.15) is 8.07 Å². The Morgan fingerprint density at radius 2 is 1.69 bits per heavy atom. The Bertz CT molecular complexity index is 480. The van der Waals surface area contributed by atoms with Gasteiger partial charge in [-0.3, -0.25) is 5.10 Å². The van der Waals surface area contributed by atoms with Gasteiger partial charge in [-0.2, -0.15) is 5.10 Å². The number of rotatable bonds is 2. The molecule has 0 aliphatic carbocycles. The zero-order valence-electron chi connectivity index (χ0n) is 10.3. The first-order valence-corrected chi connectivity index (χ1v) is 9.11. The van der Waals surface area contributed by atoms with Gasteiger partial charge in [0.05, 0.1) is 5.32 Å². The maximum Gasteiger partial charge on any atom is 0.104 e. The summed E-state index contributed by atoms with van der Waals surface area (Å²) in [6.45, 7) is 9.08. The molecule has 2 rings (SSSR count). The number of aromatic nitrogens is 2. The van der Waals surface area contributed by atoms with Crippen LogP contribution in [0.3, 0.4) is 0 Å². The first-order chi connectivity index (χ1) is 7.50. The lowest BCUT2D eigenvalue weighted by Gasteiger charge is -2.15. The molecule has 0 bridgehead atoms. The van der Waals surface area contributed by atoms with E-state index < -0.39 is 8.07 Å². The summed E-state index contributed by atoms with van der Waals surface area (Å²) >= 11 is 0. The van der Waals surface area contributed by atoms with E-state index in [9.17, 15) is 0 Å². The lowest BCUT2D eigenvalue weighted by atomic mass is 10.1. The van der Waals surface area contributed by atoms with Crippen LogP contribution in [0.2, 0.25) is 19.6 Å². The number of aryl methyl sites for hydroxylation is 1. The topological polar surface area (TPSA) is 28.7 Å². The monoisotopic (exact) mass is 230 g/mol. The predicted molar refractivity (Wildman–Crippen MR) is 71.7 cm³/mol. The minimum absolute atomic E-state index is 1.17. The maximum absolute atomic E-state index is 4.50. The van der Waals surface area contributed by atoms with E-state index in [1.54, 1.807) is 0 Å². The van der Waals surface area contributed by atoms with Gasteiger partial charge in [0.2, 0.25) is 0 Å². The summed E-state index contributed by atoms with van der Waals surface area (Å²) in [4.78, 5) is 0. The molecule has 0 aliphatic rings. The SMILES string of the molecule is Cc1[nH]nc([Si](C)(C)C)c1-c1ccccc1. The van der Waals surface area contributed by atoms with Crippen LogP contribution in [0.4, 0.5) is 0 Å². The van der Waals surface area contributed by atoms with Crippen molar-refractivity contribution in [2.45, 2.75) is 26.6 Å². The zero-order valence-corrected chi connectivity index (χ0v) is 11.3. The third-order valence-electron chi connectivity index (χ3n) is 2.72. The average Bonchev–Trinajstić information content (AvgIpc) is 2.61. The summed E-state index contributed by atoms with van der Waals surface area (Å²) in [7, 11) is -1.38. The summed E-state index contributed by atoms with van der Waals surface area (Å²) in [5.41, 5.74) is 3.74. The Kier molecular flexibility index (Phi) is 2.72. The van der Waals surface area contributed by atoms with Crippen molar-refractivity contribution in [3.63, 3.8) is 0 Å². The van der Waals surface area contributed by atoms with Crippen molar-refractivity contribution in [1.82, 2.24) is 10.2 Å². The fourth-order valence-electron chi connectivity index (χ4n) is 1.93. The Balaban J connectivity index is 2.61. The molecular weight excluding hydrogens is 212 g/mol. The molecule has 0 unspecified atom stereocenters. The maximum atomic E-state index is 4.50. The first kappa shape index (κ1) is 11.1. The molecule has 0 amide bonds. The molecule has 0 radical (unpaired) electrons. The standard InChI is InChI=1S/C13H18N2Si/c1-10-12(11-8-6-5-7-9-11)13(15-14-10)16(2,3)4/h5-9H,1-4H3,(H,14,15). The second kappa shape index (κ2) is 3.90. The molecule has 2 aromatic rings. The quantitative estimate of drug-likeness (QED) is 0.790. The number of nitrogens with zero attached hydrogens (tertiary/aromatic N) is 1. The molecule has 0 spiro atoms. The largest absolute Gasteiger partial charge is 0.282 e. The number of benzene rings is 1. The van der Waals surface area contributed by atoms with Crippen LogP contribution < -0.4 is 5.32 Å². The normalized spacial score (nSPS) is 11.8. The van der Waals surface area contributed by atoms with E-state index in [0.29, 0.717) is 0 Å². The van der Waals surface area contributed by atoms with Crippen molar-refractivity contribution in [1.29, 1.82) is 0 Å². The van der Waals surface area contributed by atoms with E-state index in [0.717, 1.165) is 0 Å². The minimum Gasteiger partial charge on any atom is -0.282 e. The van der Waals surface area contributed by atoms with Crippen molar-refractivity contribution in [2.24, 2.45) is 0 Å². The van der Waals surface area contributed by atoms with Gasteiger partial charge in [-0.15, -0.1) is 0 Å². The smallest absolute Gasteiger partial charge is 0.104 e. The van der Waals surface area contributed by atoms with Crippen molar-refractivity contribution in [2.75, 3.05) is 0 Å². The highest BCUT2D eigenvalue weighted by Gasteiger charge is 2.25. The highest BCUT2D eigenvalue weighted by Crippen LogP contribution is 2.22. The van der Waals surface area contributed by atoms with Gasteiger partial charge < -0.3 is 0 Å². The molecule has 1 aromatic carbocycles. The van der Waals surface area contributed by atoms with E-state index in [2.05, 4.69) is 61.0 Å². The fraction of sp³-hybridized carbons (Fsp3) is 0.308. The van der Waals surface area contributed by atoms with Gasteiger partial charge in [-0.1, -0.05) is 50.0 Å². The second-order valence-electron chi connectivity index (χ2n) is 5.19. The van der Waals surface area contributed by atoms with Crippen molar-refractivity contribution < 1.29 is 0 Å². The molecule has 0 saturated carbocycles. The molecule has 0 saturated heterocycles. The van der Waals surface area contributed by atoms with Crippen LogP contribution in [-0.4, -0.2) is 18.3 Å². The fourth-order valence-corrected chi connectivity index (χ4v) is 3.40. The van der Waals surface area contributed by atoms with Crippen LogP contribution in [-0.2, 0) is 0 Å². The third-order valence-corrected chi connectivity index (χ3v) is 4.50. The van der Waals surface area contributed by atoms with Crippen LogP contribution in [0, 0.1) is 6.92 Å². The predicted octanol–water partition coefficient (Wildman–Crippen LogP) is 2.93. The van der Waals surface area contributed by atoms with Crippen molar-refractivity contribution in [3.8, 4) is 11.1 Å². The molecular formula is C13H18N2Si. The number of nitrogens with one attached hydrogen (secondary N) is 1. The highest BCUT2D eigenvalue weighted by molar-refractivity contribution is 6.89. The minimum atomic E-state index is -1.38. The molecule has 1 heterocycles. The Labute approximate surface area is 97.7 Å². The van der Waals surface area contributed by atoms with E-state index in [4.69, 9.17) is 0 Å². The van der Waals surface area contributed by atoms with Gasteiger partial charge in [-0.25, -0.2) is 0 Å². The lowest BCUT2D eigenvalue weighted by Crippen LogP contribution is -2.40. The molecule has 16 heavy (non-hydrogen) atoms. The van der Waals surface area contributed by atoms with Gasteiger partial charge in [0.15, 0.2) is 0 Å². The van der Waals surface area contributed by atoms with Crippen LogP contribution in [0.15, 0.2) is 30.3 Å². The zero-order chi connectivity index (χ0) is 11.8. The average molecular weight is 230 g/mol. The molecule has 3 heteroatoms. The summed E-state index contributed by atoms with van der Waals surface area (Å²) in [6.07, 6.45) is 0. The number of H-pyrrole nitrogens is 1. The summed E-state index contributed by atoms with van der Waals surface area (Å²) in [5, 5.41) is 8.90. The third kappa shape index (κ3) is 1.95. The Hall–Kier alpha value is -1.35. The summed E-state index contributed by atoms with van der Waals surface area (Å²) < 4.78 is 0. The summed E-state index contributed by atoms with van der Waals surface area (Å²) in [5.74, 6) is 0. The number of hydrogen-bond acceptors (Lipinski definition) is 1. The molecule has 1 N–H and O–H groups in total. The number of hydrogen-bond donors (Lipinski definition) is 1. The second-order valence-corrected chi connectivity index (χ2v) is 10.2. The van der Waals surface area contributed by atoms with E-state index in [1.165, 1.54) is 22.1 Å². The van der Waals surface area contributed by atoms with E-state index in [1.807, 2.05) is 6.07 Å². The number of aromatic amines is 1. The lowest BCUT2D eigenvalue weighted by molar-refractivity contribution is 1.06. The van der Waals surface area contributed by atoms with E-state index in [-0.39, 0.29) is 0 Å². The highest BCUT2D eigenvalue weighted by atomic mass is 28.3. The molecule has 0 fully saturated rings. The van der Waals surface area contributed by atoms with Crippen LogP contribution in [0.25, 0.3) is 11.1 Å². The summed E-state index contributed by atoms with van der Waals surface area (Å²) in [6, 6.07) is 10.5. The molecule has 0 atom stereocenters. The van der Waals surface area contributed by atoms with Crippen LogP contribution >= 0.6 is 0 Å². The van der Waals surface area contributed by atoms with Crippen molar-refractivity contribution in [3.05, 3.63) is 36.0 Å². The first-order valence-electron chi connectivity index (χ1n) is 5.61. The Morgan fingerprint density at radius 3 is 2.25 bits per heavy atom. The van der Waals surface area contributed by atoms with Gasteiger partial charge in [0.25, 0.3) is 0 Å². The van der Waals surface area contributed by atoms with Crippen LogP contribution in [0.1, 0.15) is 5.69 Å². The van der Waals surface area contributed by atoms with Gasteiger partial charge >= 0.3 is 0 Å². The van der Waals surface area contributed by atoms with Crippen LogP contribution in [0.5, 0.6) is 0 Å².